The highest BCUT2D eigenvalue weighted by Gasteiger charge is 1.95. The molecular weight excluding hydrogens is 114 g/mol. The van der Waals surface area contributed by atoms with Crippen molar-refractivity contribution >= 4 is 0 Å². The van der Waals surface area contributed by atoms with E-state index in [4.69, 9.17) is 11.6 Å². The van der Waals surface area contributed by atoms with E-state index in [0.29, 0.717) is 6.04 Å². The quantitative estimate of drug-likeness (QED) is 0.419. The number of rotatable bonds is 2. The fourth-order valence-corrected chi connectivity index (χ4v) is 0.384. The molecule has 0 saturated heterocycles. The summed E-state index contributed by atoms with van der Waals surface area (Å²) in [7, 11) is 0. The molecule has 0 aromatic rings. The second kappa shape index (κ2) is 3.35. The third kappa shape index (κ3) is 3.85. The first-order chi connectivity index (χ1) is 4.04. The maximum absolute atomic E-state index is 5.49. The van der Waals surface area contributed by atoms with E-state index < -0.39 is 0 Å². The van der Waals surface area contributed by atoms with E-state index in [-0.39, 0.29) is 0 Å². The molecule has 0 unspecified atom stereocenters. The molecule has 0 aromatic carbocycles. The molecule has 0 rings (SSSR count). The van der Waals surface area contributed by atoms with Crippen LogP contribution in [0.4, 0.5) is 0 Å². The van der Waals surface area contributed by atoms with Gasteiger partial charge in [0, 0.05) is 17.9 Å². The Hall–Kier alpha value is -0.700. The number of nitrogens with zero attached hydrogens (tertiary/aromatic N) is 1. The van der Waals surface area contributed by atoms with Crippen LogP contribution in [0, 0.1) is 0 Å². The van der Waals surface area contributed by atoms with Crippen molar-refractivity contribution in [3.05, 3.63) is 11.9 Å². The molecular formula is C6H15N3. The zero-order valence-electron chi connectivity index (χ0n) is 6.26. The zero-order valence-corrected chi connectivity index (χ0v) is 6.26. The highest BCUT2D eigenvalue weighted by Crippen LogP contribution is 1.91. The molecule has 54 valence electrons. The minimum Gasteiger partial charge on any atom is -0.401 e. The molecule has 0 bridgehead atoms. The van der Waals surface area contributed by atoms with Gasteiger partial charge < -0.3 is 10.7 Å². The van der Waals surface area contributed by atoms with Crippen molar-refractivity contribution in [2.45, 2.75) is 26.8 Å². The summed E-state index contributed by atoms with van der Waals surface area (Å²) in [5.74, 6) is 5.49. The van der Waals surface area contributed by atoms with Crippen LogP contribution in [-0.4, -0.2) is 11.1 Å². The van der Waals surface area contributed by atoms with Crippen LogP contribution >= 0.6 is 0 Å². The molecule has 0 amide bonds. The van der Waals surface area contributed by atoms with Crippen LogP contribution in [0.15, 0.2) is 11.9 Å². The fraction of sp³-hybridized carbons (Fsp3) is 0.667. The molecule has 0 atom stereocenters. The van der Waals surface area contributed by atoms with Crippen molar-refractivity contribution in [1.29, 1.82) is 0 Å². The Morgan fingerprint density at radius 1 is 1.56 bits per heavy atom. The van der Waals surface area contributed by atoms with Gasteiger partial charge in [-0.15, -0.1) is 0 Å². The summed E-state index contributed by atoms with van der Waals surface area (Å²) < 4.78 is 0. The summed E-state index contributed by atoms with van der Waals surface area (Å²) in [6.45, 7) is 5.81. The number of hydrazine groups is 1. The topological polar surface area (TPSA) is 55.3 Å². The minimum atomic E-state index is 0.309. The molecule has 0 fully saturated rings. The highest BCUT2D eigenvalue weighted by molar-refractivity contribution is 4.90. The van der Waals surface area contributed by atoms with Crippen LogP contribution in [-0.2, 0) is 0 Å². The van der Waals surface area contributed by atoms with Gasteiger partial charge in [-0.2, -0.15) is 0 Å². The Kier molecular flexibility index (Phi) is 3.09. The standard InChI is InChI=1S/C6H15N3/c1-5(2)9(8)4-6(3)7/h4-5H,7-8H2,1-3H3/b6-4-. The van der Waals surface area contributed by atoms with E-state index >= 15 is 0 Å². The monoisotopic (exact) mass is 129 g/mol. The molecule has 0 saturated carbocycles. The molecule has 3 heteroatoms. The van der Waals surface area contributed by atoms with Crippen LogP contribution in [0.2, 0.25) is 0 Å². The first kappa shape index (κ1) is 8.30. The van der Waals surface area contributed by atoms with Crippen LogP contribution in [0.5, 0.6) is 0 Å². The van der Waals surface area contributed by atoms with Gasteiger partial charge in [-0.05, 0) is 20.8 Å². The molecule has 3 nitrogen and oxygen atoms in total. The lowest BCUT2D eigenvalue weighted by molar-refractivity contribution is 0.320. The summed E-state index contributed by atoms with van der Waals surface area (Å²) >= 11 is 0. The Morgan fingerprint density at radius 2 is 2.00 bits per heavy atom. The van der Waals surface area contributed by atoms with Crippen LogP contribution < -0.4 is 11.6 Å². The fourth-order valence-electron chi connectivity index (χ4n) is 0.384. The summed E-state index contributed by atoms with van der Waals surface area (Å²) in [4.78, 5) is 0. The lowest BCUT2D eigenvalue weighted by atomic mass is 10.4. The molecule has 0 heterocycles. The largest absolute Gasteiger partial charge is 0.401 e. The van der Waals surface area contributed by atoms with Gasteiger partial charge in [0.05, 0.1) is 0 Å². The second-order valence-corrected chi connectivity index (χ2v) is 2.41. The van der Waals surface area contributed by atoms with Gasteiger partial charge in [0.1, 0.15) is 0 Å². The first-order valence-corrected chi connectivity index (χ1v) is 3.01. The molecule has 0 aliphatic carbocycles. The van der Waals surface area contributed by atoms with E-state index in [0.717, 1.165) is 5.70 Å². The zero-order chi connectivity index (χ0) is 7.44. The smallest absolute Gasteiger partial charge is 0.0390 e. The van der Waals surface area contributed by atoms with Crippen LogP contribution in [0.1, 0.15) is 20.8 Å². The number of allylic oxidation sites excluding steroid dienone is 1. The number of hydrogen-bond acceptors (Lipinski definition) is 3. The van der Waals surface area contributed by atoms with Crippen molar-refractivity contribution in [1.82, 2.24) is 5.01 Å². The van der Waals surface area contributed by atoms with Crippen LogP contribution in [0.3, 0.4) is 0 Å². The maximum Gasteiger partial charge on any atom is 0.0390 e. The lowest BCUT2D eigenvalue weighted by Gasteiger charge is -2.18. The van der Waals surface area contributed by atoms with E-state index in [1.807, 2.05) is 20.8 Å². The van der Waals surface area contributed by atoms with E-state index in [1.165, 1.54) is 0 Å². The molecule has 9 heavy (non-hydrogen) atoms. The lowest BCUT2D eigenvalue weighted by Crippen LogP contribution is -2.32. The van der Waals surface area contributed by atoms with Gasteiger partial charge in [-0.1, -0.05) is 0 Å². The maximum atomic E-state index is 5.49. The Balaban J connectivity index is 3.76. The van der Waals surface area contributed by atoms with Gasteiger partial charge >= 0.3 is 0 Å². The van der Waals surface area contributed by atoms with E-state index in [1.54, 1.807) is 11.2 Å². The number of nitrogens with two attached hydrogens (primary N) is 2. The van der Waals surface area contributed by atoms with Crippen molar-refractivity contribution in [3.8, 4) is 0 Å². The number of hydrogen-bond donors (Lipinski definition) is 2. The van der Waals surface area contributed by atoms with Gasteiger partial charge in [-0.25, -0.2) is 5.84 Å². The van der Waals surface area contributed by atoms with Crippen LogP contribution in [0.25, 0.3) is 0 Å². The highest BCUT2D eigenvalue weighted by atomic mass is 15.4. The third-order valence-electron chi connectivity index (χ3n) is 0.949. The Labute approximate surface area is 56.3 Å². The summed E-state index contributed by atoms with van der Waals surface area (Å²) in [5.41, 5.74) is 6.10. The summed E-state index contributed by atoms with van der Waals surface area (Å²) in [5, 5.41) is 1.58. The van der Waals surface area contributed by atoms with E-state index in [9.17, 15) is 0 Å². The molecule has 0 aromatic heterocycles. The Morgan fingerprint density at radius 3 is 2.11 bits per heavy atom. The SMILES string of the molecule is C/C(N)=C/N(N)C(C)C. The average molecular weight is 129 g/mol. The van der Waals surface area contributed by atoms with Crippen molar-refractivity contribution < 1.29 is 0 Å². The summed E-state index contributed by atoms with van der Waals surface area (Å²) in [6, 6.07) is 0.309. The third-order valence-corrected chi connectivity index (χ3v) is 0.949. The minimum absolute atomic E-state index is 0.309. The molecule has 4 N–H and O–H groups in total. The molecule has 0 aliphatic rings. The second-order valence-electron chi connectivity index (χ2n) is 2.41. The van der Waals surface area contributed by atoms with Gasteiger partial charge in [-0.3, -0.25) is 0 Å². The molecule has 0 aliphatic heterocycles. The van der Waals surface area contributed by atoms with Gasteiger partial charge in [0.25, 0.3) is 0 Å². The predicted molar refractivity (Wildman–Crippen MR) is 39.1 cm³/mol. The summed E-state index contributed by atoms with van der Waals surface area (Å²) in [6.07, 6.45) is 1.71. The van der Waals surface area contributed by atoms with Crippen molar-refractivity contribution in [2.24, 2.45) is 11.6 Å². The Bertz CT molecular complexity index is 103. The van der Waals surface area contributed by atoms with Gasteiger partial charge in [0.2, 0.25) is 0 Å². The molecule has 0 radical (unpaired) electrons. The van der Waals surface area contributed by atoms with Crippen molar-refractivity contribution in [2.75, 3.05) is 0 Å². The molecule has 0 spiro atoms. The normalized spacial score (nSPS) is 12.3. The average Bonchev–Trinajstić information content (AvgIpc) is 1.63. The van der Waals surface area contributed by atoms with Crippen molar-refractivity contribution in [3.63, 3.8) is 0 Å². The predicted octanol–water partition coefficient (Wildman–Crippen LogP) is 0.391. The van der Waals surface area contributed by atoms with Gasteiger partial charge in [0.15, 0.2) is 0 Å². The van der Waals surface area contributed by atoms with E-state index in [2.05, 4.69) is 0 Å². The first-order valence-electron chi connectivity index (χ1n) is 3.01.